The Balaban J connectivity index is 2.00. The maximum atomic E-state index is 12.3. The number of nitrogens with one attached hydrogen (secondary N) is 1. The number of amides is 1. The molecule has 0 aliphatic heterocycles. The molecule has 0 spiro atoms. The van der Waals surface area contributed by atoms with Gasteiger partial charge in [0.25, 0.3) is 0 Å². The quantitative estimate of drug-likeness (QED) is 0.815. The highest BCUT2D eigenvalue weighted by Crippen LogP contribution is 2.18. The molecule has 1 atom stereocenters. The number of rotatable bonds is 8. The minimum absolute atomic E-state index is 0.0548. The van der Waals surface area contributed by atoms with E-state index in [0.29, 0.717) is 0 Å². The summed E-state index contributed by atoms with van der Waals surface area (Å²) in [4.78, 5) is 16.6. The van der Waals surface area contributed by atoms with E-state index in [4.69, 9.17) is 0 Å². The highest BCUT2D eigenvalue weighted by molar-refractivity contribution is 5.89. The first-order valence-electron chi connectivity index (χ1n) is 7.99. The number of aromatic nitrogens is 4. The van der Waals surface area contributed by atoms with Crippen molar-refractivity contribution in [2.24, 2.45) is 0 Å². The van der Waals surface area contributed by atoms with Crippen LogP contribution in [0, 0.1) is 0 Å². The van der Waals surface area contributed by atoms with Gasteiger partial charge in [0.05, 0.1) is 12.2 Å². The van der Waals surface area contributed by atoms with Crippen molar-refractivity contribution >= 4 is 11.7 Å². The van der Waals surface area contributed by atoms with Crippen molar-refractivity contribution in [2.45, 2.75) is 59.0 Å². The van der Waals surface area contributed by atoms with Gasteiger partial charge in [-0.3, -0.25) is 4.79 Å². The zero-order valence-corrected chi connectivity index (χ0v) is 13.6. The van der Waals surface area contributed by atoms with Crippen molar-refractivity contribution in [3.63, 3.8) is 0 Å². The van der Waals surface area contributed by atoms with E-state index in [1.165, 1.54) is 0 Å². The normalized spacial score (nSPS) is 12.3. The minimum Gasteiger partial charge on any atom is -0.326 e. The Morgan fingerprint density at radius 3 is 2.86 bits per heavy atom. The van der Waals surface area contributed by atoms with E-state index < -0.39 is 0 Å². The number of hydrogen-bond donors (Lipinski definition) is 1. The van der Waals surface area contributed by atoms with E-state index >= 15 is 0 Å². The Bertz CT molecular complexity index is 601. The topological polar surface area (TPSA) is 64.7 Å². The van der Waals surface area contributed by atoms with Gasteiger partial charge in [-0.1, -0.05) is 20.3 Å². The van der Waals surface area contributed by atoms with E-state index in [1.54, 1.807) is 12.4 Å². The zero-order valence-electron chi connectivity index (χ0n) is 13.6. The van der Waals surface area contributed by atoms with Gasteiger partial charge in [0.15, 0.2) is 0 Å². The second kappa shape index (κ2) is 7.77. The maximum Gasteiger partial charge on any atom is 0.245 e. The molecule has 0 fully saturated rings. The van der Waals surface area contributed by atoms with E-state index in [-0.39, 0.29) is 18.5 Å². The molecule has 0 aliphatic carbocycles. The summed E-state index contributed by atoms with van der Waals surface area (Å²) in [5.41, 5.74) is 0. The summed E-state index contributed by atoms with van der Waals surface area (Å²) in [6, 6.07) is 2.12. The van der Waals surface area contributed by atoms with Gasteiger partial charge in [-0.25, -0.2) is 9.67 Å². The van der Waals surface area contributed by atoms with Gasteiger partial charge in [0.2, 0.25) is 5.91 Å². The predicted molar refractivity (Wildman–Crippen MR) is 86.7 cm³/mol. The largest absolute Gasteiger partial charge is 0.326 e. The zero-order chi connectivity index (χ0) is 15.9. The Labute approximate surface area is 131 Å². The highest BCUT2D eigenvalue weighted by Gasteiger charge is 2.13. The van der Waals surface area contributed by atoms with Crippen LogP contribution in [0.2, 0.25) is 0 Å². The van der Waals surface area contributed by atoms with Crippen molar-refractivity contribution in [3.05, 3.63) is 30.5 Å². The van der Waals surface area contributed by atoms with Crippen LogP contribution in [0.15, 0.2) is 24.7 Å². The molecule has 0 bridgehead atoms. The van der Waals surface area contributed by atoms with Gasteiger partial charge in [-0.2, -0.15) is 5.10 Å². The van der Waals surface area contributed by atoms with Gasteiger partial charge >= 0.3 is 0 Å². The molecule has 120 valence electrons. The number of aryl methyl sites for hydroxylation is 1. The van der Waals surface area contributed by atoms with E-state index in [9.17, 15) is 4.79 Å². The van der Waals surface area contributed by atoms with Crippen LogP contribution < -0.4 is 5.32 Å². The molecule has 0 unspecified atom stereocenters. The molecule has 6 nitrogen and oxygen atoms in total. The van der Waals surface area contributed by atoms with Crippen LogP contribution in [0.3, 0.4) is 0 Å². The Morgan fingerprint density at radius 2 is 2.14 bits per heavy atom. The average molecular weight is 303 g/mol. The Hall–Kier alpha value is -2.11. The second-order valence-corrected chi connectivity index (χ2v) is 5.57. The molecule has 2 rings (SSSR count). The molecule has 6 heteroatoms. The van der Waals surface area contributed by atoms with Gasteiger partial charge in [-0.05, 0) is 19.8 Å². The summed E-state index contributed by atoms with van der Waals surface area (Å²) in [5, 5.41) is 7.26. The van der Waals surface area contributed by atoms with Gasteiger partial charge in [0, 0.05) is 24.9 Å². The third-order valence-electron chi connectivity index (χ3n) is 3.65. The predicted octanol–water partition coefficient (Wildman–Crippen LogP) is 3.03. The summed E-state index contributed by atoms with van der Waals surface area (Å²) < 4.78 is 3.78. The third kappa shape index (κ3) is 3.96. The fourth-order valence-electron chi connectivity index (χ4n) is 2.58. The lowest BCUT2D eigenvalue weighted by atomic mass is 10.2. The monoisotopic (exact) mass is 303 g/mol. The van der Waals surface area contributed by atoms with E-state index in [2.05, 4.69) is 36.2 Å². The first-order valence-corrected chi connectivity index (χ1v) is 7.99. The molecule has 1 N–H and O–H groups in total. The Kier molecular flexibility index (Phi) is 5.75. The summed E-state index contributed by atoms with van der Waals surface area (Å²) >= 11 is 0. The molecule has 0 aromatic carbocycles. The number of anilines is 1. The second-order valence-electron chi connectivity index (χ2n) is 5.57. The first kappa shape index (κ1) is 16.3. The van der Waals surface area contributed by atoms with Gasteiger partial charge in [0.1, 0.15) is 18.2 Å². The molecule has 1 amide bonds. The lowest BCUT2D eigenvalue weighted by Gasteiger charge is -2.15. The molecule has 0 saturated heterocycles. The summed E-state index contributed by atoms with van der Waals surface area (Å²) in [5.74, 6) is 1.65. The SMILES string of the molecule is CCCc1nccn1CC(=O)Nc1ccnn1[C@H](C)CCC. The average Bonchev–Trinajstić information content (AvgIpc) is 3.10. The van der Waals surface area contributed by atoms with Crippen molar-refractivity contribution < 1.29 is 4.79 Å². The number of hydrogen-bond acceptors (Lipinski definition) is 3. The Morgan fingerprint density at radius 1 is 1.32 bits per heavy atom. The van der Waals surface area contributed by atoms with Crippen LogP contribution in [0.1, 0.15) is 51.9 Å². The molecule has 2 heterocycles. The number of imidazole rings is 1. The van der Waals surface area contributed by atoms with Gasteiger partial charge in [-0.15, -0.1) is 0 Å². The molecule has 0 radical (unpaired) electrons. The summed E-state index contributed by atoms with van der Waals surface area (Å²) in [7, 11) is 0. The number of nitrogens with zero attached hydrogens (tertiary/aromatic N) is 4. The smallest absolute Gasteiger partial charge is 0.245 e. The fourth-order valence-corrected chi connectivity index (χ4v) is 2.58. The highest BCUT2D eigenvalue weighted by atomic mass is 16.2. The fraction of sp³-hybridized carbons (Fsp3) is 0.562. The lowest BCUT2D eigenvalue weighted by molar-refractivity contribution is -0.116. The molecule has 22 heavy (non-hydrogen) atoms. The van der Waals surface area contributed by atoms with Crippen molar-refractivity contribution in [1.82, 2.24) is 19.3 Å². The van der Waals surface area contributed by atoms with E-state index in [0.717, 1.165) is 37.3 Å². The maximum absolute atomic E-state index is 12.3. The van der Waals surface area contributed by atoms with Crippen molar-refractivity contribution in [1.29, 1.82) is 0 Å². The lowest BCUT2D eigenvalue weighted by Crippen LogP contribution is -2.22. The first-order chi connectivity index (χ1) is 10.7. The molecule has 0 saturated carbocycles. The van der Waals surface area contributed by atoms with Crippen LogP contribution in [0.5, 0.6) is 0 Å². The molecule has 2 aromatic rings. The van der Waals surface area contributed by atoms with Gasteiger partial charge < -0.3 is 9.88 Å². The summed E-state index contributed by atoms with van der Waals surface area (Å²) in [6.45, 7) is 6.64. The molecular formula is C16H25N5O. The molecular weight excluding hydrogens is 278 g/mol. The number of carbonyl (C=O) groups excluding carboxylic acids is 1. The number of carbonyl (C=O) groups is 1. The van der Waals surface area contributed by atoms with Crippen molar-refractivity contribution in [2.75, 3.05) is 5.32 Å². The van der Waals surface area contributed by atoms with E-state index in [1.807, 2.05) is 21.5 Å². The molecule has 0 aliphatic rings. The van der Waals surface area contributed by atoms with Crippen LogP contribution in [0.4, 0.5) is 5.82 Å². The minimum atomic E-state index is -0.0548. The van der Waals surface area contributed by atoms with Crippen LogP contribution in [0.25, 0.3) is 0 Å². The standard InChI is InChI=1S/C16H25N5O/c1-4-6-13(3)21-15(8-9-18-21)19-16(22)12-20-11-10-17-14(20)7-5-2/h8-11,13H,4-7,12H2,1-3H3,(H,19,22)/t13-/m1/s1. The van der Waals surface area contributed by atoms with Crippen molar-refractivity contribution in [3.8, 4) is 0 Å². The summed E-state index contributed by atoms with van der Waals surface area (Å²) in [6.07, 6.45) is 9.33. The van der Waals surface area contributed by atoms with Crippen LogP contribution in [-0.4, -0.2) is 25.2 Å². The third-order valence-corrected chi connectivity index (χ3v) is 3.65. The van der Waals surface area contributed by atoms with Crippen LogP contribution >= 0.6 is 0 Å². The van der Waals surface area contributed by atoms with Crippen LogP contribution in [-0.2, 0) is 17.8 Å². The molecule has 2 aromatic heterocycles.